The van der Waals surface area contributed by atoms with Crippen molar-refractivity contribution in [3.8, 4) is 0 Å². The molecule has 26 heavy (non-hydrogen) atoms. The molecule has 1 aromatic carbocycles. The van der Waals surface area contributed by atoms with Gasteiger partial charge in [-0.25, -0.2) is 0 Å². The maximum absolute atomic E-state index is 12.8. The summed E-state index contributed by atoms with van der Waals surface area (Å²) in [6.07, 6.45) is 3.35. The smallest absolute Gasteiger partial charge is 0.255 e. The van der Waals surface area contributed by atoms with Crippen LogP contribution in [0.25, 0.3) is 0 Å². The molecule has 1 fully saturated rings. The van der Waals surface area contributed by atoms with Crippen LogP contribution in [0.2, 0.25) is 5.02 Å². The van der Waals surface area contributed by atoms with Gasteiger partial charge in [0.2, 0.25) is 5.91 Å². The van der Waals surface area contributed by atoms with Crippen molar-refractivity contribution in [3.05, 3.63) is 52.3 Å². The van der Waals surface area contributed by atoms with Crippen molar-refractivity contribution in [1.82, 2.24) is 15.5 Å². The van der Waals surface area contributed by atoms with E-state index in [4.69, 9.17) is 22.1 Å². The molecule has 0 radical (unpaired) electrons. The molecule has 1 unspecified atom stereocenters. The second kappa shape index (κ2) is 8.33. The Hall–Kier alpha value is -2.38. The molecule has 1 saturated heterocycles. The second-order valence-electron chi connectivity index (χ2n) is 6.36. The van der Waals surface area contributed by atoms with E-state index in [1.807, 2.05) is 0 Å². The molecule has 2 amide bonds. The highest BCUT2D eigenvalue weighted by atomic mass is 35.5. The number of benzene rings is 1. The van der Waals surface area contributed by atoms with Crippen molar-refractivity contribution < 1.29 is 14.3 Å². The number of halogens is 1. The summed E-state index contributed by atoms with van der Waals surface area (Å²) < 4.78 is 5.50. The molecule has 1 aliphatic heterocycles. The monoisotopic (exact) mass is 376 g/mol. The van der Waals surface area contributed by atoms with Crippen molar-refractivity contribution in [2.45, 2.75) is 31.2 Å². The van der Waals surface area contributed by atoms with E-state index in [9.17, 15) is 9.59 Å². The quantitative estimate of drug-likeness (QED) is 0.718. The highest BCUT2D eigenvalue weighted by Crippen LogP contribution is 2.27. The number of hydrogen-bond acceptors (Lipinski definition) is 4. The van der Waals surface area contributed by atoms with Crippen LogP contribution in [0.5, 0.6) is 0 Å². The molecule has 1 aromatic heterocycles. The van der Waals surface area contributed by atoms with Gasteiger partial charge in [0.1, 0.15) is 0 Å². The van der Waals surface area contributed by atoms with Gasteiger partial charge in [-0.1, -0.05) is 23.7 Å². The van der Waals surface area contributed by atoms with Crippen LogP contribution in [0.4, 0.5) is 0 Å². The van der Waals surface area contributed by atoms with Crippen molar-refractivity contribution >= 4 is 23.4 Å². The highest BCUT2D eigenvalue weighted by molar-refractivity contribution is 6.30. The molecule has 0 aliphatic carbocycles. The van der Waals surface area contributed by atoms with Gasteiger partial charge >= 0.3 is 0 Å². The number of hydrogen-bond donors (Lipinski definition) is 3. The maximum atomic E-state index is 12.8. The van der Waals surface area contributed by atoms with E-state index in [2.05, 4.69) is 15.5 Å². The van der Waals surface area contributed by atoms with Crippen LogP contribution in [-0.4, -0.2) is 35.2 Å². The van der Waals surface area contributed by atoms with E-state index in [1.54, 1.807) is 24.3 Å². The first-order valence-corrected chi connectivity index (χ1v) is 8.88. The molecular formula is C18H21ClN4O3. The highest BCUT2D eigenvalue weighted by Gasteiger charge is 2.26. The van der Waals surface area contributed by atoms with E-state index < -0.39 is 11.9 Å². The van der Waals surface area contributed by atoms with Crippen LogP contribution >= 0.6 is 11.6 Å². The zero-order valence-electron chi connectivity index (χ0n) is 14.2. The molecule has 4 N–H and O–H groups in total. The van der Waals surface area contributed by atoms with Crippen LogP contribution in [0.3, 0.4) is 0 Å². The summed E-state index contributed by atoms with van der Waals surface area (Å²) in [5, 5.41) is 10.3. The third kappa shape index (κ3) is 4.42. The van der Waals surface area contributed by atoms with Crippen molar-refractivity contribution in [2.24, 2.45) is 5.73 Å². The lowest BCUT2D eigenvalue weighted by Gasteiger charge is -2.23. The normalized spacial score (nSPS) is 18.3. The van der Waals surface area contributed by atoms with Gasteiger partial charge in [-0.3, -0.25) is 14.7 Å². The van der Waals surface area contributed by atoms with E-state index in [0.29, 0.717) is 17.2 Å². The lowest BCUT2D eigenvalue weighted by atomic mass is 9.95. The van der Waals surface area contributed by atoms with Gasteiger partial charge in [0.15, 0.2) is 0 Å². The Morgan fingerprint density at radius 3 is 3.00 bits per heavy atom. The van der Waals surface area contributed by atoms with Crippen LogP contribution < -0.4 is 11.1 Å². The van der Waals surface area contributed by atoms with Gasteiger partial charge in [0.05, 0.1) is 36.5 Å². The SMILES string of the molecule is NC(=O)C[C@H](NC(=O)c1cn[nH]c1C1CCCOC1)c1cccc(Cl)c1. The average molecular weight is 377 g/mol. The fraction of sp³-hybridized carbons (Fsp3) is 0.389. The number of aromatic amines is 1. The molecule has 0 bridgehead atoms. The number of ether oxygens (including phenoxy) is 1. The van der Waals surface area contributed by atoms with Gasteiger partial charge < -0.3 is 15.8 Å². The third-order valence-corrected chi connectivity index (χ3v) is 4.68. The molecule has 138 valence electrons. The fourth-order valence-corrected chi connectivity index (χ4v) is 3.37. The summed E-state index contributed by atoms with van der Waals surface area (Å²) in [5.41, 5.74) is 7.28. The number of primary amides is 1. The molecule has 0 spiro atoms. The topological polar surface area (TPSA) is 110 Å². The molecular weight excluding hydrogens is 356 g/mol. The Balaban J connectivity index is 1.80. The van der Waals surface area contributed by atoms with Gasteiger partial charge in [0.25, 0.3) is 5.91 Å². The minimum absolute atomic E-state index is 0.0220. The van der Waals surface area contributed by atoms with E-state index in [-0.39, 0.29) is 18.2 Å². The number of carbonyl (C=O) groups is 2. The number of nitrogens with zero attached hydrogens (tertiary/aromatic N) is 1. The lowest BCUT2D eigenvalue weighted by molar-refractivity contribution is -0.118. The maximum Gasteiger partial charge on any atom is 0.255 e. The molecule has 7 nitrogen and oxygen atoms in total. The molecule has 1 aliphatic rings. The predicted molar refractivity (Wildman–Crippen MR) is 96.9 cm³/mol. The number of nitrogens with one attached hydrogen (secondary N) is 2. The van der Waals surface area contributed by atoms with Crippen LogP contribution in [-0.2, 0) is 9.53 Å². The fourth-order valence-electron chi connectivity index (χ4n) is 3.17. The first-order valence-electron chi connectivity index (χ1n) is 8.50. The average Bonchev–Trinajstić information content (AvgIpc) is 3.11. The number of aromatic nitrogens is 2. The van der Waals surface area contributed by atoms with Crippen molar-refractivity contribution in [1.29, 1.82) is 0 Å². The van der Waals surface area contributed by atoms with Crippen LogP contribution in [0, 0.1) is 0 Å². The second-order valence-corrected chi connectivity index (χ2v) is 6.80. The first kappa shape index (κ1) is 18.4. The molecule has 2 aromatic rings. The van der Waals surface area contributed by atoms with Gasteiger partial charge in [-0.2, -0.15) is 5.10 Å². The molecule has 3 rings (SSSR count). The summed E-state index contributed by atoms with van der Waals surface area (Å²) in [5.74, 6) is -0.721. The Kier molecular flexibility index (Phi) is 5.90. The third-order valence-electron chi connectivity index (χ3n) is 4.44. The number of H-pyrrole nitrogens is 1. The zero-order valence-corrected chi connectivity index (χ0v) is 15.0. The summed E-state index contributed by atoms with van der Waals surface area (Å²) in [7, 11) is 0. The van der Waals surface area contributed by atoms with Crippen molar-refractivity contribution in [3.63, 3.8) is 0 Å². The largest absolute Gasteiger partial charge is 0.381 e. The molecule has 8 heteroatoms. The predicted octanol–water partition coefficient (Wildman–Crippen LogP) is 2.30. The van der Waals surface area contributed by atoms with Gasteiger partial charge in [-0.15, -0.1) is 0 Å². The number of carbonyl (C=O) groups excluding carboxylic acids is 2. The lowest BCUT2D eigenvalue weighted by Crippen LogP contribution is -2.32. The minimum atomic E-state index is -0.566. The molecule has 0 saturated carbocycles. The summed E-state index contributed by atoms with van der Waals surface area (Å²) in [4.78, 5) is 24.3. The Morgan fingerprint density at radius 2 is 2.31 bits per heavy atom. The Morgan fingerprint density at radius 1 is 1.46 bits per heavy atom. The number of amides is 2. The first-order chi connectivity index (χ1) is 12.5. The minimum Gasteiger partial charge on any atom is -0.381 e. The van der Waals surface area contributed by atoms with Crippen LogP contribution in [0.1, 0.15) is 52.8 Å². The van der Waals surface area contributed by atoms with E-state index >= 15 is 0 Å². The van der Waals surface area contributed by atoms with Crippen molar-refractivity contribution in [2.75, 3.05) is 13.2 Å². The van der Waals surface area contributed by atoms with E-state index in [1.165, 1.54) is 6.20 Å². The van der Waals surface area contributed by atoms with Gasteiger partial charge in [-0.05, 0) is 30.5 Å². The Labute approximate surface area is 156 Å². The number of rotatable bonds is 6. The molecule has 2 atom stereocenters. The zero-order chi connectivity index (χ0) is 18.5. The van der Waals surface area contributed by atoms with E-state index in [0.717, 1.165) is 30.7 Å². The molecule has 2 heterocycles. The standard InChI is InChI=1S/C18H21ClN4O3/c19-13-5-1-3-11(7-13)15(8-16(20)24)22-18(25)14-9-21-23-17(14)12-4-2-6-26-10-12/h1,3,5,7,9,12,15H,2,4,6,8,10H2,(H2,20,24)(H,21,23)(H,22,25)/t12?,15-/m0/s1. The summed E-state index contributed by atoms with van der Waals surface area (Å²) in [6.45, 7) is 1.29. The van der Waals surface area contributed by atoms with Crippen LogP contribution in [0.15, 0.2) is 30.5 Å². The summed E-state index contributed by atoms with van der Waals surface area (Å²) in [6, 6.07) is 6.43. The Bertz CT molecular complexity index is 786. The number of nitrogens with two attached hydrogens (primary N) is 1. The van der Waals surface area contributed by atoms with Gasteiger partial charge in [0, 0.05) is 17.5 Å². The summed E-state index contributed by atoms with van der Waals surface area (Å²) >= 11 is 6.03.